The smallest absolute Gasteiger partial charge is 0.325 e. The number of amides is 4. The minimum Gasteiger partial charge on any atom is -0.325 e. The van der Waals surface area contributed by atoms with Gasteiger partial charge in [-0.3, -0.25) is 14.5 Å². The lowest BCUT2D eigenvalue weighted by Crippen LogP contribution is -2.59. The lowest BCUT2D eigenvalue weighted by atomic mass is 10.2. The van der Waals surface area contributed by atoms with Gasteiger partial charge in [0, 0.05) is 17.2 Å². The molecule has 2 aliphatic heterocycles. The zero-order valence-corrected chi connectivity index (χ0v) is 16.8. The van der Waals surface area contributed by atoms with Gasteiger partial charge in [0.15, 0.2) is 0 Å². The number of amidine groups is 2. The third-order valence-corrected chi connectivity index (χ3v) is 5.63. The molecule has 2 heterocycles. The number of carbonyl (C=O) groups is 3. The summed E-state index contributed by atoms with van der Waals surface area (Å²) in [6.07, 6.45) is 0. The lowest BCUT2D eigenvalue weighted by Gasteiger charge is -2.27. The van der Waals surface area contributed by atoms with Crippen molar-refractivity contribution in [3.05, 3.63) is 28.7 Å². The molecule has 2 aliphatic rings. The number of nitrogens with zero attached hydrogens (tertiary/aromatic N) is 4. The van der Waals surface area contributed by atoms with Gasteiger partial charge in [-0.15, -0.1) is 4.99 Å². The zero-order valence-electron chi connectivity index (χ0n) is 14.4. The number of nitrogens with one attached hydrogen (secondary N) is 1. The Hall–Kier alpha value is -2.20. The van der Waals surface area contributed by atoms with Crippen molar-refractivity contribution < 1.29 is 19.0 Å². The lowest BCUT2D eigenvalue weighted by molar-refractivity contribution is -0.367. The van der Waals surface area contributed by atoms with Gasteiger partial charge in [0.05, 0.1) is 19.8 Å². The summed E-state index contributed by atoms with van der Waals surface area (Å²) in [6, 6.07) is 6.13. The maximum atomic E-state index is 12.3. The first-order valence-electron chi connectivity index (χ1n) is 7.71. The largest absolute Gasteiger partial charge is 0.388 e. The topological polar surface area (TPSA) is 85.1 Å². The van der Waals surface area contributed by atoms with Crippen LogP contribution in [0.4, 0.5) is 10.5 Å². The van der Waals surface area contributed by atoms with Crippen molar-refractivity contribution in [1.29, 1.82) is 0 Å². The van der Waals surface area contributed by atoms with Crippen LogP contribution in [-0.4, -0.2) is 76.2 Å². The minimum absolute atomic E-state index is 0.140. The van der Waals surface area contributed by atoms with E-state index < -0.39 is 12.1 Å². The zero-order chi connectivity index (χ0) is 19.0. The van der Waals surface area contributed by atoms with Crippen LogP contribution in [0.2, 0.25) is 0 Å². The van der Waals surface area contributed by atoms with Gasteiger partial charge in [0.2, 0.25) is 5.91 Å². The number of rotatable bonds is 3. The van der Waals surface area contributed by atoms with Gasteiger partial charge in [-0.25, -0.2) is 14.3 Å². The van der Waals surface area contributed by atoms with Crippen molar-refractivity contribution in [2.75, 3.05) is 32.2 Å². The third kappa shape index (κ3) is 3.38. The third-order valence-electron chi connectivity index (χ3n) is 4.06. The first-order valence-corrected chi connectivity index (χ1v) is 9.49. The summed E-state index contributed by atoms with van der Waals surface area (Å²) in [5.41, 5.74) is 0.700. The van der Waals surface area contributed by atoms with Crippen LogP contribution in [0.15, 0.2) is 33.7 Å². The molecule has 0 saturated carbocycles. The molecule has 0 bridgehead atoms. The van der Waals surface area contributed by atoms with Crippen LogP contribution < -0.4 is 5.32 Å². The van der Waals surface area contributed by atoms with Crippen molar-refractivity contribution in [2.24, 2.45) is 4.99 Å². The van der Waals surface area contributed by atoms with E-state index in [9.17, 15) is 14.4 Å². The molecule has 1 fully saturated rings. The number of benzene rings is 1. The number of imide groups is 1. The average Bonchev–Trinajstić information content (AvgIpc) is 2.95. The second-order valence-electron chi connectivity index (χ2n) is 5.81. The number of fused-ring (bicyclic) bond motifs is 1. The fourth-order valence-electron chi connectivity index (χ4n) is 2.71. The Bertz CT molecular complexity index is 852. The quantitative estimate of drug-likeness (QED) is 0.723. The number of likely N-dealkylation sites (N-methyl/N-ethyl adjacent to an activating group) is 2. The number of carbonyl (C=O) groups excluding carboxylic acids is 3. The van der Waals surface area contributed by atoms with Crippen molar-refractivity contribution in [1.82, 2.24) is 9.80 Å². The SMILES string of the molecule is CN1C(=O)C2N=C(SCC(=O)Nc3ccc(Br)cc3)[N+](C)=C2N(C)C1=O. The number of hydrogen-bond acceptors (Lipinski definition) is 5. The molecule has 3 rings (SSSR count). The van der Waals surface area contributed by atoms with Crippen LogP contribution in [0.1, 0.15) is 0 Å². The highest BCUT2D eigenvalue weighted by Gasteiger charge is 2.51. The summed E-state index contributed by atoms with van der Waals surface area (Å²) < 4.78 is 2.62. The Morgan fingerprint density at radius 3 is 2.58 bits per heavy atom. The molecule has 10 heteroatoms. The van der Waals surface area contributed by atoms with Crippen LogP contribution in [0.25, 0.3) is 0 Å². The van der Waals surface area contributed by atoms with E-state index in [1.807, 2.05) is 12.1 Å². The second-order valence-corrected chi connectivity index (χ2v) is 7.67. The Balaban J connectivity index is 1.68. The predicted molar refractivity (Wildman–Crippen MR) is 104 cm³/mol. The van der Waals surface area contributed by atoms with Crippen molar-refractivity contribution in [3.63, 3.8) is 0 Å². The molecule has 0 spiro atoms. The van der Waals surface area contributed by atoms with Gasteiger partial charge in [-0.1, -0.05) is 15.9 Å². The van der Waals surface area contributed by atoms with Gasteiger partial charge in [0.25, 0.3) is 23.0 Å². The van der Waals surface area contributed by atoms with Crippen LogP contribution >= 0.6 is 27.7 Å². The van der Waals surface area contributed by atoms with E-state index in [2.05, 4.69) is 26.2 Å². The number of halogens is 1. The Labute approximate surface area is 163 Å². The molecule has 0 aliphatic carbocycles. The van der Waals surface area contributed by atoms with E-state index in [0.29, 0.717) is 16.7 Å². The van der Waals surface area contributed by atoms with Crippen molar-refractivity contribution >= 4 is 62.2 Å². The maximum absolute atomic E-state index is 12.3. The van der Waals surface area contributed by atoms with Gasteiger partial charge in [-0.05, 0) is 36.0 Å². The normalized spacial score (nSPS) is 19.7. The molecule has 0 aromatic heterocycles. The second kappa shape index (κ2) is 7.20. The van der Waals surface area contributed by atoms with E-state index in [-0.39, 0.29) is 17.6 Å². The molecule has 1 unspecified atom stereocenters. The van der Waals surface area contributed by atoms with Crippen LogP contribution in [0, 0.1) is 0 Å². The molecule has 136 valence electrons. The van der Waals surface area contributed by atoms with E-state index >= 15 is 0 Å². The number of anilines is 1. The molecule has 0 radical (unpaired) electrons. The van der Waals surface area contributed by atoms with Crippen LogP contribution in [0.3, 0.4) is 0 Å². The molecular weight excluding hydrogens is 422 g/mol. The Morgan fingerprint density at radius 1 is 1.27 bits per heavy atom. The highest BCUT2D eigenvalue weighted by atomic mass is 79.9. The Kier molecular flexibility index (Phi) is 5.15. The number of urea groups is 1. The van der Waals surface area contributed by atoms with Crippen molar-refractivity contribution in [2.45, 2.75) is 6.04 Å². The molecule has 1 aromatic carbocycles. The molecule has 8 nitrogen and oxygen atoms in total. The van der Waals surface area contributed by atoms with Gasteiger partial charge in [-0.2, -0.15) is 0 Å². The summed E-state index contributed by atoms with van der Waals surface area (Å²) in [6.45, 7) is 0. The number of aliphatic imine (C=N–C) groups is 1. The van der Waals surface area contributed by atoms with E-state index in [0.717, 1.165) is 9.37 Å². The first-order chi connectivity index (χ1) is 12.3. The summed E-state index contributed by atoms with van der Waals surface area (Å²) in [4.78, 5) is 43.4. The van der Waals surface area contributed by atoms with Crippen LogP contribution in [-0.2, 0) is 9.59 Å². The molecule has 1 atom stereocenters. The van der Waals surface area contributed by atoms with Gasteiger partial charge < -0.3 is 5.32 Å². The number of thioether (sulfide) groups is 1. The fourth-order valence-corrected chi connectivity index (χ4v) is 3.77. The fraction of sp³-hybridized carbons (Fsp3) is 0.312. The standard InChI is InChI=1S/C16H16BrN5O3S/c1-20-13-12(14(24)22(3)16(25)21(13)2)19-15(20)26-8-11(23)18-10-6-4-9(17)5-7-10/h4-7,12H,8H2,1-3H3/p+1. The van der Waals surface area contributed by atoms with Gasteiger partial charge >= 0.3 is 6.03 Å². The summed E-state index contributed by atoms with van der Waals surface area (Å²) in [5, 5.41) is 3.33. The van der Waals surface area contributed by atoms with E-state index in [1.54, 1.807) is 30.8 Å². The highest BCUT2D eigenvalue weighted by molar-refractivity contribution is 9.10. The summed E-state index contributed by atoms with van der Waals surface area (Å²) in [5.74, 6) is 0.0981. The van der Waals surface area contributed by atoms with E-state index in [1.165, 1.54) is 23.7 Å². The predicted octanol–water partition coefficient (Wildman–Crippen LogP) is 1.42. The molecule has 4 amide bonds. The average molecular weight is 439 g/mol. The summed E-state index contributed by atoms with van der Waals surface area (Å²) in [7, 11) is 4.77. The molecule has 1 aromatic rings. The van der Waals surface area contributed by atoms with Crippen molar-refractivity contribution in [3.8, 4) is 0 Å². The Morgan fingerprint density at radius 2 is 1.92 bits per heavy atom. The highest BCUT2D eigenvalue weighted by Crippen LogP contribution is 2.22. The summed E-state index contributed by atoms with van der Waals surface area (Å²) >= 11 is 4.56. The van der Waals surface area contributed by atoms with E-state index in [4.69, 9.17) is 0 Å². The molecule has 26 heavy (non-hydrogen) atoms. The van der Waals surface area contributed by atoms with Gasteiger partial charge in [0.1, 0.15) is 0 Å². The molecule has 1 saturated heterocycles. The molecular formula is C16H17BrN5O3S+. The van der Waals surface area contributed by atoms with Crippen LogP contribution in [0.5, 0.6) is 0 Å². The maximum Gasteiger partial charge on any atom is 0.388 e. The number of hydrogen-bond donors (Lipinski definition) is 1. The first kappa shape index (κ1) is 18.6. The monoisotopic (exact) mass is 438 g/mol. The minimum atomic E-state index is -0.746. The molecule has 1 N–H and O–H groups in total.